The molecule has 13 heteroatoms. The zero-order valence-electron chi connectivity index (χ0n) is 22.8. The maximum atomic E-state index is 13.8. The normalized spacial score (nSPS) is 18.5. The van der Waals surface area contributed by atoms with Crippen LogP contribution in [-0.4, -0.2) is 105 Å². The van der Waals surface area contributed by atoms with Crippen molar-refractivity contribution >= 4 is 11.8 Å². The van der Waals surface area contributed by atoms with Gasteiger partial charge in [-0.1, -0.05) is 0 Å². The average Bonchev–Trinajstić information content (AvgIpc) is 3.75. The summed E-state index contributed by atoms with van der Waals surface area (Å²) in [4.78, 5) is 36.8. The van der Waals surface area contributed by atoms with Crippen LogP contribution in [0.3, 0.4) is 0 Å². The first-order chi connectivity index (χ1) is 19.6. The fourth-order valence-corrected chi connectivity index (χ4v) is 5.00. The number of aryl methyl sites for hydroxylation is 1. The molecule has 3 aromatic heterocycles. The molecule has 2 saturated heterocycles. The maximum Gasteiger partial charge on any atom is 0.247 e. The van der Waals surface area contributed by atoms with Crippen molar-refractivity contribution in [2.24, 2.45) is 0 Å². The highest BCUT2D eigenvalue weighted by molar-refractivity contribution is 5.88. The van der Waals surface area contributed by atoms with Gasteiger partial charge < -0.3 is 24.1 Å². The van der Waals surface area contributed by atoms with Gasteiger partial charge in [0.2, 0.25) is 17.6 Å². The molecule has 0 spiro atoms. The average molecular weight is 553 g/mol. The molecular formula is C27H36N8O5. The minimum absolute atomic E-state index is 0.0180. The van der Waals surface area contributed by atoms with Crippen LogP contribution in [0.2, 0.25) is 0 Å². The molecule has 5 rings (SSSR count). The van der Waals surface area contributed by atoms with Gasteiger partial charge in [-0.3, -0.25) is 19.5 Å². The zero-order chi connectivity index (χ0) is 27.7. The van der Waals surface area contributed by atoms with E-state index in [-0.39, 0.29) is 24.5 Å². The molecule has 214 valence electrons. The summed E-state index contributed by atoms with van der Waals surface area (Å²) in [7, 11) is 0. The van der Waals surface area contributed by atoms with Crippen LogP contribution in [0.25, 0.3) is 11.6 Å². The van der Waals surface area contributed by atoms with Crippen molar-refractivity contribution in [3.05, 3.63) is 48.0 Å². The third-order valence-electron chi connectivity index (χ3n) is 7.10. The molecule has 2 aliphatic rings. The van der Waals surface area contributed by atoms with Crippen molar-refractivity contribution in [2.45, 2.75) is 44.9 Å². The highest BCUT2D eigenvalue weighted by atomic mass is 16.5. The number of nitrogens with zero attached hydrogens (tertiary/aromatic N) is 7. The van der Waals surface area contributed by atoms with Gasteiger partial charge in [0.15, 0.2) is 5.76 Å². The van der Waals surface area contributed by atoms with Crippen molar-refractivity contribution in [1.82, 2.24) is 40.3 Å². The minimum Gasteiger partial charge on any atom is -0.458 e. The SMILES string of the molecule is Cc1ccc(-c2nnn(CC(=O)N(CCCN3CCOCC3)[C@H](C(=O)NC[C@H]3CCCO3)c3ccncc3)n2)o1. The van der Waals surface area contributed by atoms with E-state index in [9.17, 15) is 9.59 Å². The summed E-state index contributed by atoms with van der Waals surface area (Å²) >= 11 is 0. The van der Waals surface area contributed by atoms with E-state index in [0.717, 1.165) is 38.2 Å². The molecule has 1 N–H and O–H groups in total. The molecule has 0 unspecified atom stereocenters. The Morgan fingerprint density at radius 1 is 1.15 bits per heavy atom. The van der Waals surface area contributed by atoms with Gasteiger partial charge in [0.25, 0.3) is 0 Å². The van der Waals surface area contributed by atoms with E-state index < -0.39 is 6.04 Å². The molecule has 40 heavy (non-hydrogen) atoms. The van der Waals surface area contributed by atoms with Crippen LogP contribution in [0, 0.1) is 6.92 Å². The minimum atomic E-state index is -0.850. The summed E-state index contributed by atoms with van der Waals surface area (Å²) in [6, 6.07) is 6.25. The number of carbonyl (C=O) groups excluding carboxylic acids is 2. The highest BCUT2D eigenvalue weighted by Gasteiger charge is 2.32. The van der Waals surface area contributed by atoms with E-state index in [2.05, 4.69) is 30.6 Å². The third-order valence-corrected chi connectivity index (χ3v) is 7.10. The van der Waals surface area contributed by atoms with Gasteiger partial charge in [0.05, 0.1) is 19.3 Å². The first kappa shape index (κ1) is 27.9. The van der Waals surface area contributed by atoms with Gasteiger partial charge in [-0.2, -0.15) is 4.80 Å². The van der Waals surface area contributed by atoms with E-state index in [0.29, 0.717) is 56.5 Å². The van der Waals surface area contributed by atoms with Gasteiger partial charge in [-0.15, -0.1) is 10.2 Å². The Hall–Kier alpha value is -3.68. The van der Waals surface area contributed by atoms with E-state index in [1.54, 1.807) is 35.5 Å². The molecule has 0 bridgehead atoms. The van der Waals surface area contributed by atoms with Crippen LogP contribution in [-0.2, 0) is 25.6 Å². The predicted molar refractivity (Wildman–Crippen MR) is 143 cm³/mol. The summed E-state index contributed by atoms with van der Waals surface area (Å²) in [6.07, 6.45) is 5.80. The summed E-state index contributed by atoms with van der Waals surface area (Å²) in [5.41, 5.74) is 0.679. The van der Waals surface area contributed by atoms with Gasteiger partial charge in [-0.05, 0) is 61.2 Å². The predicted octanol–water partition coefficient (Wildman–Crippen LogP) is 1.22. The highest BCUT2D eigenvalue weighted by Crippen LogP contribution is 2.23. The Morgan fingerprint density at radius 3 is 2.70 bits per heavy atom. The lowest BCUT2D eigenvalue weighted by molar-refractivity contribution is -0.142. The van der Waals surface area contributed by atoms with Crippen molar-refractivity contribution in [3.8, 4) is 11.6 Å². The molecule has 0 radical (unpaired) electrons. The molecule has 3 aromatic rings. The maximum absolute atomic E-state index is 13.8. The van der Waals surface area contributed by atoms with Crippen molar-refractivity contribution < 1.29 is 23.5 Å². The molecule has 2 amide bonds. The molecule has 13 nitrogen and oxygen atoms in total. The Bertz CT molecular complexity index is 1240. The van der Waals surface area contributed by atoms with Crippen LogP contribution < -0.4 is 5.32 Å². The first-order valence-electron chi connectivity index (χ1n) is 13.8. The quantitative estimate of drug-likeness (QED) is 0.349. The van der Waals surface area contributed by atoms with Crippen molar-refractivity contribution in [3.63, 3.8) is 0 Å². The van der Waals surface area contributed by atoms with Crippen molar-refractivity contribution in [2.75, 3.05) is 52.5 Å². The monoisotopic (exact) mass is 552 g/mol. The van der Waals surface area contributed by atoms with Crippen LogP contribution >= 0.6 is 0 Å². The lowest BCUT2D eigenvalue weighted by Gasteiger charge is -2.33. The fraction of sp³-hybridized carbons (Fsp3) is 0.556. The standard InChI is InChI=1S/C27H36N8O5/c1-20-5-6-23(40-20)26-30-32-35(31-26)19-24(36)34(12-3-11-33-13-16-38-17-14-33)25(21-7-9-28-10-8-21)27(37)29-18-22-4-2-15-39-22/h5-10,22,25H,2-4,11-19H2,1H3,(H,29,37)/t22-,25+/m1/s1. The number of tetrazole rings is 1. The van der Waals surface area contributed by atoms with Crippen LogP contribution in [0.1, 0.15) is 36.6 Å². The van der Waals surface area contributed by atoms with Crippen molar-refractivity contribution in [1.29, 1.82) is 0 Å². The Balaban J connectivity index is 1.35. The van der Waals surface area contributed by atoms with E-state index in [4.69, 9.17) is 13.9 Å². The van der Waals surface area contributed by atoms with Gasteiger partial charge in [0, 0.05) is 51.7 Å². The lowest BCUT2D eigenvalue weighted by Crippen LogP contribution is -2.47. The first-order valence-corrected chi connectivity index (χ1v) is 13.8. The smallest absolute Gasteiger partial charge is 0.247 e. The van der Waals surface area contributed by atoms with E-state index in [1.807, 2.05) is 13.0 Å². The number of hydrogen-bond acceptors (Lipinski definition) is 10. The summed E-state index contributed by atoms with van der Waals surface area (Å²) in [6.45, 7) is 7.00. The van der Waals surface area contributed by atoms with Gasteiger partial charge >= 0.3 is 0 Å². The van der Waals surface area contributed by atoms with Crippen LogP contribution in [0.5, 0.6) is 0 Å². The third kappa shape index (κ3) is 7.29. The Kier molecular flexibility index (Phi) is 9.47. The molecule has 5 heterocycles. The largest absolute Gasteiger partial charge is 0.458 e. The van der Waals surface area contributed by atoms with E-state index in [1.165, 1.54) is 4.80 Å². The number of rotatable bonds is 12. The number of aromatic nitrogens is 5. The topological polar surface area (TPSA) is 141 Å². The van der Waals surface area contributed by atoms with Crippen LogP contribution in [0.15, 0.2) is 41.1 Å². The summed E-state index contributed by atoms with van der Waals surface area (Å²) < 4.78 is 16.7. The number of ether oxygens (including phenoxy) is 2. The summed E-state index contributed by atoms with van der Waals surface area (Å²) in [5, 5.41) is 15.5. The number of nitrogens with one attached hydrogen (secondary N) is 1. The van der Waals surface area contributed by atoms with Gasteiger partial charge in [-0.25, -0.2) is 0 Å². The molecule has 2 aliphatic heterocycles. The molecule has 0 saturated carbocycles. The lowest BCUT2D eigenvalue weighted by atomic mass is 10.0. The second-order valence-electron chi connectivity index (χ2n) is 10.0. The molecular weight excluding hydrogens is 516 g/mol. The number of hydrogen-bond donors (Lipinski definition) is 1. The number of morpholine rings is 1. The number of pyridine rings is 1. The Morgan fingerprint density at radius 2 is 1.98 bits per heavy atom. The molecule has 2 fully saturated rings. The molecule has 0 aromatic carbocycles. The summed E-state index contributed by atoms with van der Waals surface area (Å²) in [5.74, 6) is 0.930. The second kappa shape index (κ2) is 13.6. The van der Waals surface area contributed by atoms with Gasteiger partial charge in [0.1, 0.15) is 18.3 Å². The zero-order valence-corrected chi connectivity index (χ0v) is 22.8. The number of furan rings is 1. The van der Waals surface area contributed by atoms with E-state index >= 15 is 0 Å². The second-order valence-corrected chi connectivity index (χ2v) is 10.0. The Labute approximate surface area is 232 Å². The number of carbonyl (C=O) groups is 2. The molecule has 2 atom stereocenters. The number of amides is 2. The van der Waals surface area contributed by atoms with Crippen LogP contribution in [0.4, 0.5) is 0 Å². The fourth-order valence-electron chi connectivity index (χ4n) is 5.00. The molecule has 0 aliphatic carbocycles.